The van der Waals surface area contributed by atoms with Crippen molar-refractivity contribution < 1.29 is 5.11 Å². The van der Waals surface area contributed by atoms with Crippen LogP contribution < -0.4 is 0 Å². The molecule has 1 saturated carbocycles. The molecule has 1 aliphatic rings. The molecule has 1 heteroatoms. The molecule has 0 aliphatic heterocycles. The summed E-state index contributed by atoms with van der Waals surface area (Å²) >= 11 is 0. The molecule has 1 N–H and O–H groups in total. The molecule has 1 aliphatic carbocycles. The van der Waals surface area contributed by atoms with Crippen LogP contribution in [0.25, 0.3) is 0 Å². The normalized spacial score (nSPS) is 21.5. The molecule has 0 heterocycles. The van der Waals surface area contributed by atoms with Crippen molar-refractivity contribution in [2.75, 3.05) is 6.61 Å². The summed E-state index contributed by atoms with van der Waals surface area (Å²) < 4.78 is 0. The van der Waals surface area contributed by atoms with Gasteiger partial charge in [0, 0.05) is 6.61 Å². The third-order valence-electron chi connectivity index (χ3n) is 5.73. The Hall–Kier alpha value is -0.0400. The molecule has 0 spiro atoms. The summed E-state index contributed by atoms with van der Waals surface area (Å²) in [6, 6.07) is 0. The number of hydrogen-bond donors (Lipinski definition) is 1. The van der Waals surface area contributed by atoms with E-state index >= 15 is 0 Å². The fourth-order valence-electron chi connectivity index (χ4n) is 4.29. The van der Waals surface area contributed by atoms with E-state index in [1.165, 1.54) is 103 Å². The van der Waals surface area contributed by atoms with Gasteiger partial charge in [-0.3, -0.25) is 0 Å². The van der Waals surface area contributed by atoms with Crippen LogP contribution in [0.1, 0.15) is 116 Å². The Morgan fingerprint density at radius 3 is 1.59 bits per heavy atom. The number of hydrogen-bond acceptors (Lipinski definition) is 1. The smallest absolute Gasteiger partial charge is 0.0431 e. The largest absolute Gasteiger partial charge is 0.396 e. The summed E-state index contributed by atoms with van der Waals surface area (Å²) in [7, 11) is 0. The Balaban J connectivity index is 1.96. The molecule has 0 aromatic rings. The monoisotopic (exact) mass is 310 g/mol. The van der Waals surface area contributed by atoms with Gasteiger partial charge in [0.15, 0.2) is 0 Å². The molecule has 1 fully saturated rings. The highest BCUT2D eigenvalue weighted by molar-refractivity contribution is 4.77. The Bertz CT molecular complexity index is 226. The van der Waals surface area contributed by atoms with Crippen molar-refractivity contribution >= 4 is 0 Å². The molecular formula is C21H42O. The first kappa shape index (κ1) is 20.0. The first-order valence-corrected chi connectivity index (χ1v) is 10.5. The van der Waals surface area contributed by atoms with E-state index in [0.717, 1.165) is 18.3 Å². The first-order valence-electron chi connectivity index (χ1n) is 10.5. The van der Waals surface area contributed by atoms with Crippen molar-refractivity contribution in [2.24, 2.45) is 11.8 Å². The van der Waals surface area contributed by atoms with Gasteiger partial charge in [0.25, 0.3) is 0 Å². The van der Waals surface area contributed by atoms with E-state index in [1.54, 1.807) is 0 Å². The van der Waals surface area contributed by atoms with E-state index in [9.17, 15) is 0 Å². The lowest BCUT2D eigenvalue weighted by Crippen LogP contribution is -2.08. The van der Waals surface area contributed by atoms with Gasteiger partial charge in [-0.25, -0.2) is 0 Å². The van der Waals surface area contributed by atoms with Crippen molar-refractivity contribution in [3.63, 3.8) is 0 Å². The zero-order valence-corrected chi connectivity index (χ0v) is 15.3. The molecule has 0 bridgehead atoms. The van der Waals surface area contributed by atoms with Crippen LogP contribution in [-0.2, 0) is 0 Å². The number of rotatable bonds is 15. The van der Waals surface area contributed by atoms with Gasteiger partial charge in [0.05, 0.1) is 0 Å². The third kappa shape index (κ3) is 9.87. The van der Waals surface area contributed by atoms with E-state index in [-0.39, 0.29) is 0 Å². The molecule has 0 amide bonds. The summed E-state index contributed by atoms with van der Waals surface area (Å²) in [5.41, 5.74) is 0. The van der Waals surface area contributed by atoms with E-state index in [2.05, 4.69) is 6.92 Å². The lowest BCUT2D eigenvalue weighted by Gasteiger charge is -2.19. The Morgan fingerprint density at radius 2 is 1.09 bits per heavy atom. The standard InChI is InChI=1S/C21H42O/c1-2-3-4-5-8-11-15-20-17-14-18-21(20)16-12-9-6-7-10-13-19-22/h20-22H,2-19H2,1H3/t20-,21-/m0/s1. The number of aliphatic hydroxyl groups excluding tert-OH is 1. The summed E-state index contributed by atoms with van der Waals surface area (Å²) in [4.78, 5) is 0. The van der Waals surface area contributed by atoms with Crippen LogP contribution in [0, 0.1) is 11.8 Å². The van der Waals surface area contributed by atoms with Crippen LogP contribution in [0.15, 0.2) is 0 Å². The van der Waals surface area contributed by atoms with Crippen LogP contribution in [0.4, 0.5) is 0 Å². The van der Waals surface area contributed by atoms with Crippen LogP contribution in [0.2, 0.25) is 0 Å². The zero-order valence-electron chi connectivity index (χ0n) is 15.3. The Morgan fingerprint density at radius 1 is 0.636 bits per heavy atom. The van der Waals surface area contributed by atoms with Crippen molar-refractivity contribution in [1.29, 1.82) is 0 Å². The Kier molecular flexibility index (Phi) is 13.2. The summed E-state index contributed by atoms with van der Waals surface area (Å²) in [6.07, 6.45) is 24.1. The van der Waals surface area contributed by atoms with Gasteiger partial charge in [-0.05, 0) is 18.3 Å². The molecular weight excluding hydrogens is 268 g/mol. The highest BCUT2D eigenvalue weighted by atomic mass is 16.2. The summed E-state index contributed by atoms with van der Waals surface area (Å²) in [6.45, 7) is 2.68. The maximum absolute atomic E-state index is 8.77. The molecule has 0 aromatic heterocycles. The first-order chi connectivity index (χ1) is 10.9. The quantitative estimate of drug-likeness (QED) is 0.327. The van der Waals surface area contributed by atoms with Gasteiger partial charge in [-0.1, -0.05) is 110 Å². The van der Waals surface area contributed by atoms with Gasteiger partial charge in [0.2, 0.25) is 0 Å². The van der Waals surface area contributed by atoms with E-state index < -0.39 is 0 Å². The van der Waals surface area contributed by atoms with Gasteiger partial charge < -0.3 is 5.11 Å². The summed E-state index contributed by atoms with van der Waals surface area (Å²) in [5.74, 6) is 2.13. The minimum Gasteiger partial charge on any atom is -0.396 e. The van der Waals surface area contributed by atoms with Crippen LogP contribution in [-0.4, -0.2) is 11.7 Å². The van der Waals surface area contributed by atoms with Gasteiger partial charge >= 0.3 is 0 Å². The van der Waals surface area contributed by atoms with Gasteiger partial charge in [0.1, 0.15) is 0 Å². The number of aliphatic hydroxyl groups is 1. The predicted molar refractivity (Wildman–Crippen MR) is 98.2 cm³/mol. The van der Waals surface area contributed by atoms with Crippen LogP contribution in [0.3, 0.4) is 0 Å². The van der Waals surface area contributed by atoms with E-state index in [4.69, 9.17) is 5.11 Å². The third-order valence-corrected chi connectivity index (χ3v) is 5.73. The molecule has 0 aromatic carbocycles. The maximum atomic E-state index is 8.77. The fraction of sp³-hybridized carbons (Fsp3) is 1.00. The highest BCUT2D eigenvalue weighted by Gasteiger charge is 2.25. The molecule has 0 unspecified atom stereocenters. The highest BCUT2D eigenvalue weighted by Crippen LogP contribution is 2.38. The Labute approximate surface area is 140 Å². The van der Waals surface area contributed by atoms with Gasteiger partial charge in [-0.2, -0.15) is 0 Å². The van der Waals surface area contributed by atoms with Crippen molar-refractivity contribution in [3.05, 3.63) is 0 Å². The van der Waals surface area contributed by atoms with Crippen molar-refractivity contribution in [1.82, 2.24) is 0 Å². The second kappa shape index (κ2) is 14.5. The SMILES string of the molecule is CCCCCCCC[C@H]1CCC[C@@H]1CCCCCCCCO. The van der Waals surface area contributed by atoms with Crippen LogP contribution in [0.5, 0.6) is 0 Å². The molecule has 22 heavy (non-hydrogen) atoms. The molecule has 132 valence electrons. The second-order valence-electron chi connectivity index (χ2n) is 7.64. The molecule has 2 atom stereocenters. The topological polar surface area (TPSA) is 20.2 Å². The predicted octanol–water partition coefficient (Wildman–Crippen LogP) is 6.88. The lowest BCUT2D eigenvalue weighted by atomic mass is 9.86. The maximum Gasteiger partial charge on any atom is 0.0431 e. The summed E-state index contributed by atoms with van der Waals surface area (Å²) in [5, 5.41) is 8.77. The molecule has 1 nitrogen and oxygen atoms in total. The minimum atomic E-state index is 0.377. The second-order valence-corrected chi connectivity index (χ2v) is 7.64. The van der Waals surface area contributed by atoms with Crippen molar-refractivity contribution in [2.45, 2.75) is 116 Å². The van der Waals surface area contributed by atoms with Crippen molar-refractivity contribution in [3.8, 4) is 0 Å². The average molecular weight is 311 g/mol. The van der Waals surface area contributed by atoms with E-state index in [1.807, 2.05) is 0 Å². The van der Waals surface area contributed by atoms with Crippen LogP contribution >= 0.6 is 0 Å². The molecule has 0 saturated heterocycles. The molecule has 1 rings (SSSR count). The molecule has 0 radical (unpaired) electrons. The number of unbranched alkanes of at least 4 members (excludes halogenated alkanes) is 10. The zero-order chi connectivity index (χ0) is 15.9. The minimum absolute atomic E-state index is 0.377. The fourth-order valence-corrected chi connectivity index (χ4v) is 4.29. The average Bonchev–Trinajstić information content (AvgIpc) is 2.97. The van der Waals surface area contributed by atoms with E-state index in [0.29, 0.717) is 6.61 Å². The lowest BCUT2D eigenvalue weighted by molar-refractivity contribution is 0.281. The van der Waals surface area contributed by atoms with Gasteiger partial charge in [-0.15, -0.1) is 0 Å².